The molecule has 0 aliphatic rings. The number of rotatable bonds is 3. The summed E-state index contributed by atoms with van der Waals surface area (Å²) in [7, 11) is 1.25. The zero-order valence-corrected chi connectivity index (χ0v) is 12.6. The maximum atomic E-state index is 14.4. The number of nitrogens with zero attached hydrogens (tertiary/aromatic N) is 2. The minimum absolute atomic E-state index is 0.0126. The molecule has 0 bridgehead atoms. The SMILES string of the molecule is COc1c(Cl)ccc(-c2cc(N)c(Cl)c(C(=O)N=O)n2)c1F. The molecular formula is C13H8Cl2FN3O3. The molecule has 0 saturated heterocycles. The Kier molecular flexibility index (Phi) is 4.58. The normalized spacial score (nSPS) is 10.4. The molecule has 1 aromatic heterocycles. The number of hydrogen-bond acceptors (Lipinski definition) is 5. The summed E-state index contributed by atoms with van der Waals surface area (Å²) < 4.78 is 19.2. The number of carbonyl (C=O) groups excluding carboxylic acids is 1. The number of anilines is 1. The zero-order valence-electron chi connectivity index (χ0n) is 11.1. The number of amides is 1. The van der Waals surface area contributed by atoms with Crippen LogP contribution in [0.15, 0.2) is 23.4 Å². The van der Waals surface area contributed by atoms with Crippen molar-refractivity contribution >= 4 is 34.8 Å². The fourth-order valence-electron chi connectivity index (χ4n) is 1.79. The van der Waals surface area contributed by atoms with Crippen LogP contribution >= 0.6 is 23.2 Å². The van der Waals surface area contributed by atoms with Gasteiger partial charge in [-0.1, -0.05) is 23.2 Å². The third kappa shape index (κ3) is 2.72. The lowest BCUT2D eigenvalue weighted by Gasteiger charge is -2.11. The molecule has 0 aliphatic heterocycles. The molecule has 9 heteroatoms. The van der Waals surface area contributed by atoms with Crippen LogP contribution in [-0.2, 0) is 0 Å². The second-order valence-electron chi connectivity index (χ2n) is 4.10. The maximum absolute atomic E-state index is 14.4. The van der Waals surface area contributed by atoms with Crippen LogP contribution in [0.4, 0.5) is 10.1 Å². The Labute approximate surface area is 134 Å². The maximum Gasteiger partial charge on any atom is 0.336 e. The molecule has 22 heavy (non-hydrogen) atoms. The van der Waals surface area contributed by atoms with Crippen LogP contribution in [0.3, 0.4) is 0 Å². The molecular weight excluding hydrogens is 336 g/mol. The van der Waals surface area contributed by atoms with Gasteiger partial charge in [-0.25, -0.2) is 9.37 Å². The Morgan fingerprint density at radius 2 is 2.09 bits per heavy atom. The van der Waals surface area contributed by atoms with Crippen molar-refractivity contribution in [3.63, 3.8) is 0 Å². The first-order valence-corrected chi connectivity index (χ1v) is 6.52. The Balaban J connectivity index is 2.71. The van der Waals surface area contributed by atoms with E-state index in [1.54, 1.807) is 0 Å². The summed E-state index contributed by atoms with van der Waals surface area (Å²) in [6.07, 6.45) is 0. The minimum atomic E-state index is -1.21. The van der Waals surface area contributed by atoms with Crippen LogP contribution in [0.25, 0.3) is 11.3 Å². The number of ether oxygens (including phenoxy) is 1. The van der Waals surface area contributed by atoms with Crippen molar-refractivity contribution in [1.29, 1.82) is 0 Å². The van der Waals surface area contributed by atoms with Crippen molar-refractivity contribution in [2.45, 2.75) is 0 Å². The molecule has 2 N–H and O–H groups in total. The van der Waals surface area contributed by atoms with Gasteiger partial charge in [0.1, 0.15) is 0 Å². The summed E-state index contributed by atoms with van der Waals surface area (Å²) in [6.45, 7) is 0. The molecule has 114 valence electrons. The summed E-state index contributed by atoms with van der Waals surface area (Å²) >= 11 is 11.6. The second kappa shape index (κ2) is 6.25. The predicted octanol–water partition coefficient (Wildman–Crippen LogP) is 3.69. The van der Waals surface area contributed by atoms with Gasteiger partial charge in [-0.15, -0.1) is 4.91 Å². The third-order valence-corrected chi connectivity index (χ3v) is 3.50. The van der Waals surface area contributed by atoms with Gasteiger partial charge in [0.2, 0.25) is 0 Å². The van der Waals surface area contributed by atoms with Crippen LogP contribution in [0.2, 0.25) is 10.0 Å². The first kappa shape index (κ1) is 16.1. The number of nitrogen functional groups attached to an aromatic ring is 1. The fourth-order valence-corrected chi connectivity index (χ4v) is 2.19. The van der Waals surface area contributed by atoms with Crippen molar-refractivity contribution in [1.82, 2.24) is 4.98 Å². The number of halogens is 3. The smallest absolute Gasteiger partial charge is 0.336 e. The second-order valence-corrected chi connectivity index (χ2v) is 4.88. The average Bonchev–Trinajstić information content (AvgIpc) is 2.50. The number of aromatic nitrogens is 1. The first-order chi connectivity index (χ1) is 10.4. The van der Waals surface area contributed by atoms with Gasteiger partial charge in [0, 0.05) is 10.7 Å². The molecule has 1 amide bonds. The van der Waals surface area contributed by atoms with E-state index in [1.807, 2.05) is 0 Å². The van der Waals surface area contributed by atoms with E-state index < -0.39 is 17.4 Å². The number of nitroso groups, excluding NO2 is 1. The highest BCUT2D eigenvalue weighted by Crippen LogP contribution is 2.36. The molecule has 1 heterocycles. The highest BCUT2D eigenvalue weighted by atomic mass is 35.5. The van der Waals surface area contributed by atoms with E-state index in [9.17, 15) is 14.1 Å². The average molecular weight is 344 g/mol. The van der Waals surface area contributed by atoms with Crippen LogP contribution in [0.1, 0.15) is 10.5 Å². The van der Waals surface area contributed by atoms with E-state index in [4.69, 9.17) is 33.7 Å². The van der Waals surface area contributed by atoms with Gasteiger partial charge in [-0.3, -0.25) is 4.79 Å². The van der Waals surface area contributed by atoms with Crippen LogP contribution in [-0.4, -0.2) is 18.0 Å². The Hall–Kier alpha value is -2.25. The number of pyridine rings is 1. The third-order valence-electron chi connectivity index (χ3n) is 2.80. The van der Waals surface area contributed by atoms with Gasteiger partial charge in [-0.2, -0.15) is 0 Å². The highest BCUT2D eigenvalue weighted by molar-refractivity contribution is 6.36. The molecule has 0 aliphatic carbocycles. The molecule has 0 saturated carbocycles. The molecule has 0 spiro atoms. The summed E-state index contributed by atoms with van der Waals surface area (Å²) in [5, 5.41) is 2.07. The quantitative estimate of drug-likeness (QED) is 0.857. The van der Waals surface area contributed by atoms with Crippen molar-refractivity contribution in [3.05, 3.63) is 44.7 Å². The van der Waals surface area contributed by atoms with Gasteiger partial charge in [0.05, 0.1) is 28.5 Å². The van der Waals surface area contributed by atoms with Gasteiger partial charge in [0.25, 0.3) is 0 Å². The first-order valence-electron chi connectivity index (χ1n) is 5.76. The van der Waals surface area contributed by atoms with E-state index in [0.717, 1.165) is 0 Å². The van der Waals surface area contributed by atoms with Crippen molar-refractivity contribution < 1.29 is 13.9 Å². The molecule has 2 rings (SSSR count). The van der Waals surface area contributed by atoms with Crippen LogP contribution in [0.5, 0.6) is 5.75 Å². The Morgan fingerprint density at radius 1 is 1.41 bits per heavy atom. The van der Waals surface area contributed by atoms with Gasteiger partial charge in [0.15, 0.2) is 17.3 Å². The molecule has 0 atom stereocenters. The molecule has 0 unspecified atom stereocenters. The number of carbonyl (C=O) groups is 1. The van der Waals surface area contributed by atoms with E-state index in [2.05, 4.69) is 10.2 Å². The number of benzene rings is 1. The number of hydrogen-bond donors (Lipinski definition) is 1. The lowest BCUT2D eigenvalue weighted by molar-refractivity contribution is 0.0996. The summed E-state index contributed by atoms with van der Waals surface area (Å²) in [4.78, 5) is 25.6. The summed E-state index contributed by atoms with van der Waals surface area (Å²) in [6, 6.07) is 3.99. The molecule has 6 nitrogen and oxygen atoms in total. The predicted molar refractivity (Wildman–Crippen MR) is 80.7 cm³/mol. The van der Waals surface area contributed by atoms with Crippen molar-refractivity contribution in [3.8, 4) is 17.0 Å². The molecule has 0 radical (unpaired) electrons. The zero-order chi connectivity index (χ0) is 16.4. The van der Waals surface area contributed by atoms with Crippen molar-refractivity contribution in [2.24, 2.45) is 5.18 Å². The van der Waals surface area contributed by atoms with E-state index in [0.29, 0.717) is 0 Å². The van der Waals surface area contributed by atoms with Gasteiger partial charge < -0.3 is 10.5 Å². The largest absolute Gasteiger partial charge is 0.492 e. The number of nitrogens with two attached hydrogens (primary N) is 1. The summed E-state index contributed by atoms with van der Waals surface area (Å²) in [5.74, 6) is -2.18. The topological polar surface area (TPSA) is 94.6 Å². The Morgan fingerprint density at radius 3 is 2.68 bits per heavy atom. The van der Waals surface area contributed by atoms with Crippen LogP contribution in [0, 0.1) is 10.7 Å². The Bertz CT molecular complexity index is 784. The standard InChI is InChI=1S/C13H8Cl2FN3O3/c1-22-12-6(14)3-2-5(10(12)16)8-4-7(17)9(15)11(18-8)13(20)19-21/h2-4H,1H3,(H2,17,18). The van der Waals surface area contributed by atoms with E-state index >= 15 is 0 Å². The van der Waals surface area contributed by atoms with E-state index in [1.165, 1.54) is 25.3 Å². The molecule has 0 fully saturated rings. The van der Waals surface area contributed by atoms with Gasteiger partial charge in [-0.05, 0) is 18.2 Å². The minimum Gasteiger partial charge on any atom is -0.492 e. The lowest BCUT2D eigenvalue weighted by Crippen LogP contribution is -2.04. The lowest BCUT2D eigenvalue weighted by atomic mass is 10.1. The monoisotopic (exact) mass is 343 g/mol. The molecule has 2 aromatic rings. The fraction of sp³-hybridized carbons (Fsp3) is 0.0769. The van der Waals surface area contributed by atoms with E-state index in [-0.39, 0.29) is 32.7 Å². The van der Waals surface area contributed by atoms with Crippen LogP contribution < -0.4 is 10.5 Å². The molecule has 1 aromatic carbocycles. The summed E-state index contributed by atoms with van der Waals surface area (Å²) in [5.41, 5.74) is 5.11. The number of methoxy groups -OCH3 is 1. The van der Waals surface area contributed by atoms with Gasteiger partial charge >= 0.3 is 5.91 Å². The van der Waals surface area contributed by atoms with Crippen molar-refractivity contribution in [2.75, 3.05) is 12.8 Å². The highest BCUT2D eigenvalue weighted by Gasteiger charge is 2.21.